The van der Waals surface area contributed by atoms with Crippen molar-refractivity contribution in [1.82, 2.24) is 14.5 Å². The molecule has 0 N–H and O–H groups in total. The number of rotatable bonds is 2. The number of imidazole rings is 1. The van der Waals surface area contributed by atoms with Crippen molar-refractivity contribution in [2.24, 2.45) is 11.8 Å². The van der Waals surface area contributed by atoms with Crippen LogP contribution in [0.3, 0.4) is 0 Å². The molecule has 1 atom stereocenters. The predicted molar refractivity (Wildman–Crippen MR) is 89.7 cm³/mol. The number of fused-ring (bicyclic) bond motifs is 1. The molecule has 0 amide bonds. The number of likely N-dealkylation sites (tertiary alicyclic amines) is 1. The highest BCUT2D eigenvalue weighted by molar-refractivity contribution is 5.13. The van der Waals surface area contributed by atoms with Crippen molar-refractivity contribution in [3.8, 4) is 0 Å². The van der Waals surface area contributed by atoms with E-state index in [1.54, 1.807) is 0 Å². The summed E-state index contributed by atoms with van der Waals surface area (Å²) in [5.41, 5.74) is 1.49. The van der Waals surface area contributed by atoms with Crippen LogP contribution in [0, 0.1) is 11.8 Å². The lowest BCUT2D eigenvalue weighted by Gasteiger charge is -2.32. The Hall–Kier alpha value is -0.830. The fourth-order valence-electron chi connectivity index (χ4n) is 3.68. The van der Waals surface area contributed by atoms with Gasteiger partial charge in [0.05, 0.1) is 0 Å². The summed E-state index contributed by atoms with van der Waals surface area (Å²) in [6, 6.07) is 0. The molecule has 0 saturated carbocycles. The molecule has 0 aliphatic carbocycles. The topological polar surface area (TPSA) is 21.1 Å². The molecule has 2 aliphatic heterocycles. The van der Waals surface area contributed by atoms with Gasteiger partial charge < -0.3 is 9.47 Å². The molecule has 1 fully saturated rings. The van der Waals surface area contributed by atoms with Gasteiger partial charge in [-0.25, -0.2) is 4.98 Å². The van der Waals surface area contributed by atoms with Gasteiger partial charge in [-0.05, 0) is 57.7 Å². The summed E-state index contributed by atoms with van der Waals surface area (Å²) in [5.74, 6) is 3.73. The smallest absolute Gasteiger partial charge is 0.112 e. The van der Waals surface area contributed by atoms with Crippen molar-refractivity contribution in [2.45, 2.75) is 65.8 Å². The maximum atomic E-state index is 4.78. The zero-order valence-electron chi connectivity index (χ0n) is 14.6. The van der Waals surface area contributed by atoms with E-state index in [-0.39, 0.29) is 0 Å². The van der Waals surface area contributed by atoms with Crippen molar-refractivity contribution >= 4 is 0 Å². The maximum absolute atomic E-state index is 4.78. The van der Waals surface area contributed by atoms with Crippen LogP contribution in [0.2, 0.25) is 0 Å². The monoisotopic (exact) mass is 291 g/mol. The predicted octanol–water partition coefficient (Wildman–Crippen LogP) is 3.94. The second kappa shape index (κ2) is 7.44. The molecule has 2 aliphatic rings. The van der Waals surface area contributed by atoms with Gasteiger partial charge in [-0.3, -0.25) is 0 Å². The fraction of sp³-hybridized carbons (Fsp3) is 0.833. The standard InChI is InChI=1S/C16H27N3.C2H6/c1-12(2)14-6-9-19-15(10-14)11-17-16(19)13-4-7-18(3)8-5-13;1-2/h11-14H,4-10H2,1-3H3;1-2H3. The largest absolute Gasteiger partial charge is 0.332 e. The maximum Gasteiger partial charge on any atom is 0.112 e. The highest BCUT2D eigenvalue weighted by atomic mass is 15.1. The normalized spacial score (nSPS) is 23.6. The first-order valence-electron chi connectivity index (χ1n) is 8.88. The van der Waals surface area contributed by atoms with Gasteiger partial charge >= 0.3 is 0 Å². The third kappa shape index (κ3) is 3.68. The van der Waals surface area contributed by atoms with Crippen LogP contribution in [0.4, 0.5) is 0 Å². The van der Waals surface area contributed by atoms with Crippen LogP contribution in [0.1, 0.15) is 64.4 Å². The average molecular weight is 291 g/mol. The molecule has 0 aromatic carbocycles. The van der Waals surface area contributed by atoms with E-state index in [1.165, 1.54) is 56.8 Å². The van der Waals surface area contributed by atoms with Crippen LogP contribution in [-0.2, 0) is 13.0 Å². The molecule has 21 heavy (non-hydrogen) atoms. The van der Waals surface area contributed by atoms with Gasteiger partial charge in [0.15, 0.2) is 0 Å². The highest BCUT2D eigenvalue weighted by Crippen LogP contribution is 2.32. The van der Waals surface area contributed by atoms with E-state index in [4.69, 9.17) is 4.98 Å². The molecule has 3 heterocycles. The van der Waals surface area contributed by atoms with Crippen LogP contribution in [0.25, 0.3) is 0 Å². The van der Waals surface area contributed by atoms with E-state index in [9.17, 15) is 0 Å². The zero-order chi connectivity index (χ0) is 15.4. The summed E-state index contributed by atoms with van der Waals surface area (Å²) in [6.45, 7) is 12.4. The Morgan fingerprint density at radius 3 is 2.38 bits per heavy atom. The lowest BCUT2D eigenvalue weighted by molar-refractivity contribution is 0.243. The Kier molecular flexibility index (Phi) is 5.86. The highest BCUT2D eigenvalue weighted by Gasteiger charge is 2.28. The van der Waals surface area contributed by atoms with E-state index in [0.29, 0.717) is 5.92 Å². The number of hydrogen-bond acceptors (Lipinski definition) is 2. The van der Waals surface area contributed by atoms with Gasteiger partial charge in [0.1, 0.15) is 5.82 Å². The molecule has 0 radical (unpaired) electrons. The van der Waals surface area contributed by atoms with Crippen LogP contribution >= 0.6 is 0 Å². The Morgan fingerprint density at radius 1 is 1.10 bits per heavy atom. The van der Waals surface area contributed by atoms with E-state index < -0.39 is 0 Å². The van der Waals surface area contributed by atoms with Gasteiger partial charge in [0.25, 0.3) is 0 Å². The Labute approximate surface area is 130 Å². The Morgan fingerprint density at radius 2 is 1.76 bits per heavy atom. The van der Waals surface area contributed by atoms with Crippen molar-refractivity contribution in [3.05, 3.63) is 17.7 Å². The summed E-state index contributed by atoms with van der Waals surface area (Å²) in [5, 5.41) is 0. The van der Waals surface area contributed by atoms with Gasteiger partial charge in [-0.1, -0.05) is 27.7 Å². The Bertz CT molecular complexity index is 428. The third-order valence-corrected chi connectivity index (χ3v) is 5.19. The summed E-state index contributed by atoms with van der Waals surface area (Å²) < 4.78 is 2.54. The van der Waals surface area contributed by atoms with E-state index >= 15 is 0 Å². The number of aromatic nitrogens is 2. The zero-order valence-corrected chi connectivity index (χ0v) is 14.6. The van der Waals surface area contributed by atoms with Crippen LogP contribution in [0.15, 0.2) is 6.20 Å². The van der Waals surface area contributed by atoms with E-state index in [2.05, 4.69) is 36.6 Å². The van der Waals surface area contributed by atoms with Crippen molar-refractivity contribution in [3.63, 3.8) is 0 Å². The summed E-state index contributed by atoms with van der Waals surface area (Å²) in [7, 11) is 2.23. The van der Waals surface area contributed by atoms with Crippen molar-refractivity contribution < 1.29 is 0 Å². The molecule has 3 heteroatoms. The molecule has 120 valence electrons. The second-order valence-corrected chi connectivity index (χ2v) is 6.83. The van der Waals surface area contributed by atoms with Crippen molar-refractivity contribution in [1.29, 1.82) is 0 Å². The summed E-state index contributed by atoms with van der Waals surface area (Å²) in [4.78, 5) is 7.22. The molecule has 1 aromatic heterocycles. The second-order valence-electron chi connectivity index (χ2n) is 6.83. The average Bonchev–Trinajstić information content (AvgIpc) is 2.93. The van der Waals surface area contributed by atoms with Crippen molar-refractivity contribution in [2.75, 3.05) is 20.1 Å². The summed E-state index contributed by atoms with van der Waals surface area (Å²) >= 11 is 0. The fourth-order valence-corrected chi connectivity index (χ4v) is 3.68. The molecule has 3 nitrogen and oxygen atoms in total. The van der Waals surface area contributed by atoms with Gasteiger partial charge in [-0.15, -0.1) is 0 Å². The first-order valence-corrected chi connectivity index (χ1v) is 8.88. The molecular formula is C18H33N3. The molecular weight excluding hydrogens is 258 g/mol. The number of hydrogen-bond donors (Lipinski definition) is 0. The SMILES string of the molecule is CC.CC(C)C1CCn2c(cnc2C2CCN(C)CC2)C1. The minimum absolute atomic E-state index is 0.695. The molecule has 0 spiro atoms. The van der Waals surface area contributed by atoms with E-state index in [0.717, 1.165) is 11.8 Å². The minimum Gasteiger partial charge on any atom is -0.332 e. The first-order chi connectivity index (χ1) is 10.1. The van der Waals surface area contributed by atoms with Gasteiger partial charge in [-0.2, -0.15) is 0 Å². The molecule has 0 bridgehead atoms. The lowest BCUT2D eigenvalue weighted by Crippen LogP contribution is -2.31. The van der Waals surface area contributed by atoms with Gasteiger partial charge in [0.2, 0.25) is 0 Å². The molecule has 1 aromatic rings. The quantitative estimate of drug-likeness (QED) is 0.823. The van der Waals surface area contributed by atoms with E-state index in [1.807, 2.05) is 13.8 Å². The Balaban J connectivity index is 0.000000774. The molecule has 1 unspecified atom stereocenters. The first kappa shape index (κ1) is 16.5. The molecule has 1 saturated heterocycles. The lowest BCUT2D eigenvalue weighted by atomic mass is 9.86. The van der Waals surface area contributed by atoms with Crippen LogP contribution in [0.5, 0.6) is 0 Å². The van der Waals surface area contributed by atoms with Crippen LogP contribution in [-0.4, -0.2) is 34.6 Å². The van der Waals surface area contributed by atoms with Crippen LogP contribution < -0.4 is 0 Å². The molecule has 3 rings (SSSR count). The number of nitrogens with zero attached hydrogens (tertiary/aromatic N) is 3. The summed E-state index contributed by atoms with van der Waals surface area (Å²) in [6.07, 6.45) is 7.28. The van der Waals surface area contributed by atoms with Gasteiger partial charge in [0, 0.05) is 24.4 Å². The third-order valence-electron chi connectivity index (χ3n) is 5.19. The number of piperidine rings is 1. The minimum atomic E-state index is 0.695.